The van der Waals surface area contributed by atoms with Crippen LogP contribution in [-0.4, -0.2) is 41.9 Å². The maximum absolute atomic E-state index is 13.1. The number of likely N-dealkylation sites (tertiary alicyclic amines) is 1. The highest BCUT2D eigenvalue weighted by atomic mass is 19.1. The number of ether oxygens (including phenoxy) is 1. The molecule has 2 amide bonds. The highest BCUT2D eigenvalue weighted by molar-refractivity contribution is 5.95. The molecule has 1 saturated carbocycles. The van der Waals surface area contributed by atoms with Crippen LogP contribution < -0.4 is 10.1 Å². The minimum absolute atomic E-state index is 0.0182. The number of benzene rings is 2. The molecule has 0 spiro atoms. The Morgan fingerprint density at radius 3 is 2.36 bits per heavy atom. The lowest BCUT2D eigenvalue weighted by atomic mass is 10.1. The number of nitrogens with one attached hydrogen (secondary N) is 1. The van der Waals surface area contributed by atoms with Crippen molar-refractivity contribution in [3.8, 4) is 5.75 Å². The molecule has 1 atom stereocenters. The predicted molar refractivity (Wildman–Crippen MR) is 103 cm³/mol. The van der Waals surface area contributed by atoms with Crippen molar-refractivity contribution in [1.29, 1.82) is 0 Å². The van der Waals surface area contributed by atoms with Gasteiger partial charge >= 0.3 is 0 Å². The van der Waals surface area contributed by atoms with Crippen molar-refractivity contribution >= 4 is 11.8 Å². The summed E-state index contributed by atoms with van der Waals surface area (Å²) in [5.41, 5.74) is 1.10. The van der Waals surface area contributed by atoms with Crippen LogP contribution in [0.2, 0.25) is 0 Å². The largest absolute Gasteiger partial charge is 0.491 e. The Bertz CT molecular complexity index is 847. The third-order valence-corrected chi connectivity index (χ3v) is 5.20. The highest BCUT2D eigenvalue weighted by Crippen LogP contribution is 2.23. The van der Waals surface area contributed by atoms with Crippen LogP contribution in [0.3, 0.4) is 0 Å². The third-order valence-electron chi connectivity index (χ3n) is 5.20. The van der Waals surface area contributed by atoms with Crippen LogP contribution in [-0.2, 0) is 0 Å². The Balaban J connectivity index is 1.33. The summed E-state index contributed by atoms with van der Waals surface area (Å²) >= 11 is 0. The average molecular weight is 382 g/mol. The zero-order valence-electron chi connectivity index (χ0n) is 15.6. The van der Waals surface area contributed by atoms with E-state index in [0.29, 0.717) is 36.1 Å². The van der Waals surface area contributed by atoms with Gasteiger partial charge < -0.3 is 15.0 Å². The van der Waals surface area contributed by atoms with Crippen molar-refractivity contribution in [2.24, 2.45) is 0 Å². The van der Waals surface area contributed by atoms with E-state index in [1.165, 1.54) is 24.3 Å². The number of amides is 2. The number of nitrogens with zero attached hydrogens (tertiary/aromatic N) is 1. The van der Waals surface area contributed by atoms with Crippen LogP contribution in [0.4, 0.5) is 4.39 Å². The van der Waals surface area contributed by atoms with Crippen LogP contribution in [0.5, 0.6) is 5.75 Å². The summed E-state index contributed by atoms with van der Waals surface area (Å²) in [6.07, 6.45) is 3.90. The molecule has 1 saturated heterocycles. The number of carbonyl (C=O) groups is 2. The summed E-state index contributed by atoms with van der Waals surface area (Å²) in [5.74, 6) is 0.162. The lowest BCUT2D eigenvalue weighted by Crippen LogP contribution is -2.39. The Kier molecular flexibility index (Phi) is 5.28. The second-order valence-corrected chi connectivity index (χ2v) is 7.38. The summed E-state index contributed by atoms with van der Waals surface area (Å²) in [7, 11) is 0. The topological polar surface area (TPSA) is 58.6 Å². The van der Waals surface area contributed by atoms with Crippen molar-refractivity contribution in [3.05, 3.63) is 65.5 Å². The maximum Gasteiger partial charge on any atom is 0.254 e. The maximum atomic E-state index is 13.1. The molecular formula is C22H23FN2O3. The summed E-state index contributed by atoms with van der Waals surface area (Å²) in [4.78, 5) is 26.5. The van der Waals surface area contributed by atoms with Crippen molar-refractivity contribution in [2.75, 3.05) is 13.2 Å². The second kappa shape index (κ2) is 8.00. The first kappa shape index (κ1) is 18.5. The van der Waals surface area contributed by atoms with Gasteiger partial charge in [-0.15, -0.1) is 0 Å². The zero-order chi connectivity index (χ0) is 19.5. The van der Waals surface area contributed by atoms with Crippen molar-refractivity contribution in [1.82, 2.24) is 10.2 Å². The first-order chi connectivity index (χ1) is 13.6. The smallest absolute Gasteiger partial charge is 0.254 e. The SMILES string of the molecule is O=C(NC1CC1)c1ccc(OCC2CCCN2C(=O)c2ccc(F)cc2)cc1. The molecule has 1 unspecified atom stereocenters. The van der Waals surface area contributed by atoms with Crippen molar-refractivity contribution in [2.45, 2.75) is 37.8 Å². The van der Waals surface area contributed by atoms with Crippen LogP contribution in [0, 0.1) is 5.82 Å². The van der Waals surface area contributed by atoms with Gasteiger partial charge in [-0.2, -0.15) is 0 Å². The first-order valence-corrected chi connectivity index (χ1v) is 9.70. The highest BCUT2D eigenvalue weighted by Gasteiger charge is 2.30. The molecule has 1 aliphatic heterocycles. The number of rotatable bonds is 6. The van der Waals surface area contributed by atoms with Crippen LogP contribution in [0.1, 0.15) is 46.4 Å². The molecule has 1 heterocycles. The molecule has 4 rings (SSSR count). The molecule has 1 aliphatic carbocycles. The van der Waals surface area contributed by atoms with E-state index in [1.54, 1.807) is 29.2 Å². The van der Waals surface area contributed by atoms with Crippen molar-refractivity contribution < 1.29 is 18.7 Å². The molecule has 1 N–H and O–H groups in total. The molecule has 5 nitrogen and oxygen atoms in total. The van der Waals surface area contributed by atoms with E-state index >= 15 is 0 Å². The van der Waals surface area contributed by atoms with Gasteiger partial charge in [0.05, 0.1) is 6.04 Å². The van der Waals surface area contributed by atoms with E-state index in [1.807, 2.05) is 0 Å². The predicted octanol–water partition coefficient (Wildman–Crippen LogP) is 3.40. The van der Waals surface area contributed by atoms with Crippen LogP contribution in [0.15, 0.2) is 48.5 Å². The molecule has 146 valence electrons. The minimum Gasteiger partial charge on any atom is -0.491 e. The molecule has 28 heavy (non-hydrogen) atoms. The summed E-state index contributed by atoms with van der Waals surface area (Å²) in [5, 5.41) is 2.96. The summed E-state index contributed by atoms with van der Waals surface area (Å²) in [6, 6.07) is 13.0. The minimum atomic E-state index is -0.355. The lowest BCUT2D eigenvalue weighted by Gasteiger charge is -2.25. The van der Waals surface area contributed by atoms with E-state index in [-0.39, 0.29) is 23.7 Å². The molecule has 2 fully saturated rings. The van der Waals surface area contributed by atoms with Crippen molar-refractivity contribution in [3.63, 3.8) is 0 Å². The van der Waals surface area contributed by atoms with Gasteiger partial charge in [-0.25, -0.2) is 4.39 Å². The Morgan fingerprint density at radius 2 is 1.68 bits per heavy atom. The molecule has 0 aromatic heterocycles. The lowest BCUT2D eigenvalue weighted by molar-refractivity contribution is 0.0691. The monoisotopic (exact) mass is 382 g/mol. The standard InChI is InChI=1S/C22H23FN2O3/c23-17-7-3-16(4-8-17)22(27)25-13-1-2-19(25)14-28-20-11-5-15(6-12-20)21(26)24-18-9-10-18/h3-8,11-12,18-19H,1-2,9-10,13-14H2,(H,24,26). The van der Waals surface area contributed by atoms with Gasteiger partial charge in [0, 0.05) is 23.7 Å². The molecule has 6 heteroatoms. The summed E-state index contributed by atoms with van der Waals surface area (Å²) in [6.45, 7) is 1.06. The third kappa shape index (κ3) is 4.32. The molecule has 0 bridgehead atoms. The molecule has 2 aromatic rings. The normalized spacial score (nSPS) is 18.8. The van der Waals surface area contributed by atoms with Gasteiger partial charge in [0.1, 0.15) is 18.2 Å². The van der Waals surface area contributed by atoms with E-state index in [2.05, 4.69) is 5.32 Å². The molecule has 2 aliphatic rings. The fourth-order valence-electron chi connectivity index (χ4n) is 3.43. The van der Waals surface area contributed by atoms with E-state index in [0.717, 1.165) is 25.7 Å². The van der Waals surface area contributed by atoms with Gasteiger partial charge in [0.15, 0.2) is 0 Å². The first-order valence-electron chi connectivity index (χ1n) is 9.70. The van der Waals surface area contributed by atoms with Gasteiger partial charge in [-0.05, 0) is 74.2 Å². The fraction of sp³-hybridized carbons (Fsp3) is 0.364. The van der Waals surface area contributed by atoms with Crippen LogP contribution in [0.25, 0.3) is 0 Å². The van der Waals surface area contributed by atoms with E-state index in [9.17, 15) is 14.0 Å². The van der Waals surface area contributed by atoms with Gasteiger partial charge in [0.25, 0.3) is 11.8 Å². The van der Waals surface area contributed by atoms with Gasteiger partial charge in [0.2, 0.25) is 0 Å². The molecule has 2 aromatic carbocycles. The van der Waals surface area contributed by atoms with Crippen LogP contribution >= 0.6 is 0 Å². The van der Waals surface area contributed by atoms with E-state index < -0.39 is 0 Å². The van der Waals surface area contributed by atoms with E-state index in [4.69, 9.17) is 4.74 Å². The summed E-state index contributed by atoms with van der Waals surface area (Å²) < 4.78 is 19.0. The average Bonchev–Trinajstić information content (AvgIpc) is 3.40. The second-order valence-electron chi connectivity index (χ2n) is 7.38. The molecule has 0 radical (unpaired) electrons. The number of hydrogen-bond acceptors (Lipinski definition) is 3. The Labute approximate surface area is 163 Å². The van der Waals surface area contributed by atoms with Gasteiger partial charge in [-0.3, -0.25) is 9.59 Å². The quantitative estimate of drug-likeness (QED) is 0.833. The Morgan fingerprint density at radius 1 is 1.00 bits per heavy atom. The number of hydrogen-bond donors (Lipinski definition) is 1. The van der Waals surface area contributed by atoms with Gasteiger partial charge in [-0.1, -0.05) is 0 Å². The number of halogens is 1. The zero-order valence-corrected chi connectivity index (χ0v) is 15.6. The molecular weight excluding hydrogens is 359 g/mol. The Hall–Kier alpha value is -2.89. The number of carbonyl (C=O) groups excluding carboxylic acids is 2. The fourth-order valence-corrected chi connectivity index (χ4v) is 3.43.